The Balaban J connectivity index is 2.66. The molecule has 21 heavy (non-hydrogen) atoms. The highest BCUT2D eigenvalue weighted by molar-refractivity contribution is 7.89. The van der Waals surface area contributed by atoms with Gasteiger partial charge in [0.25, 0.3) is 0 Å². The molecule has 1 aromatic rings. The van der Waals surface area contributed by atoms with E-state index < -0.39 is 28.0 Å². The van der Waals surface area contributed by atoms with Crippen LogP contribution in [0, 0.1) is 0 Å². The second-order valence-corrected chi connectivity index (χ2v) is 6.69. The van der Waals surface area contributed by atoms with E-state index in [1.807, 2.05) is 6.07 Å². The average Bonchev–Trinajstić information content (AvgIpc) is 2.44. The van der Waals surface area contributed by atoms with Crippen molar-refractivity contribution in [2.75, 3.05) is 12.4 Å². The summed E-state index contributed by atoms with van der Waals surface area (Å²) in [7, 11) is -3.46. The van der Waals surface area contributed by atoms with Gasteiger partial charge in [-0.05, 0) is 18.9 Å². The highest BCUT2D eigenvalue weighted by Gasteiger charge is 2.22. The van der Waals surface area contributed by atoms with E-state index in [9.17, 15) is 18.3 Å². The van der Waals surface area contributed by atoms with Gasteiger partial charge in [-0.25, -0.2) is 13.1 Å². The third-order valence-corrected chi connectivity index (χ3v) is 4.58. The summed E-state index contributed by atoms with van der Waals surface area (Å²) >= 11 is 0. The lowest BCUT2D eigenvalue weighted by Crippen LogP contribution is -2.46. The number of nitrogens with one attached hydrogen (secondary N) is 2. The topological polar surface area (TPSA) is 95.5 Å². The van der Waals surface area contributed by atoms with Gasteiger partial charge in [-0.1, -0.05) is 37.3 Å². The molecule has 0 aliphatic carbocycles. The number of aliphatic hydroxyl groups excluding tert-OH is 1. The number of benzene rings is 1. The minimum absolute atomic E-state index is 0.0211. The molecule has 0 aliphatic rings. The van der Waals surface area contributed by atoms with Crippen LogP contribution in [-0.4, -0.2) is 37.8 Å². The van der Waals surface area contributed by atoms with Gasteiger partial charge in [0.2, 0.25) is 15.9 Å². The SMILES string of the molecule is CCCS(=O)(=O)NC(C)C(=O)N[C@@H](CO)c1ccccc1. The Morgan fingerprint density at radius 3 is 2.43 bits per heavy atom. The zero-order valence-corrected chi connectivity index (χ0v) is 13.1. The number of hydrogen-bond acceptors (Lipinski definition) is 4. The number of amides is 1. The van der Waals surface area contributed by atoms with Crippen LogP contribution in [0.25, 0.3) is 0 Å². The summed E-state index contributed by atoms with van der Waals surface area (Å²) in [4.78, 5) is 12.0. The fourth-order valence-corrected chi connectivity index (χ4v) is 3.17. The van der Waals surface area contributed by atoms with Gasteiger partial charge in [0, 0.05) is 0 Å². The summed E-state index contributed by atoms with van der Waals surface area (Å²) in [6.45, 7) is 2.97. The zero-order chi connectivity index (χ0) is 15.9. The van der Waals surface area contributed by atoms with Crippen molar-refractivity contribution in [2.24, 2.45) is 0 Å². The first-order chi connectivity index (χ1) is 9.89. The molecule has 0 heterocycles. The molecule has 6 nitrogen and oxygen atoms in total. The van der Waals surface area contributed by atoms with Crippen molar-refractivity contribution < 1.29 is 18.3 Å². The number of carbonyl (C=O) groups excluding carboxylic acids is 1. The van der Waals surface area contributed by atoms with Gasteiger partial charge in [0.15, 0.2) is 0 Å². The van der Waals surface area contributed by atoms with E-state index in [0.717, 1.165) is 5.56 Å². The average molecular weight is 314 g/mol. The first kappa shape index (κ1) is 17.6. The van der Waals surface area contributed by atoms with Gasteiger partial charge in [0.05, 0.1) is 24.4 Å². The molecule has 0 aliphatic heterocycles. The Kier molecular flexibility index (Phi) is 6.80. The summed E-state index contributed by atoms with van der Waals surface area (Å²) in [6.07, 6.45) is 0.479. The Morgan fingerprint density at radius 2 is 1.90 bits per heavy atom. The van der Waals surface area contributed by atoms with Crippen molar-refractivity contribution in [3.05, 3.63) is 35.9 Å². The summed E-state index contributed by atoms with van der Waals surface area (Å²) in [5.41, 5.74) is 0.761. The molecule has 7 heteroatoms. The Labute approximate surface area is 125 Å². The summed E-state index contributed by atoms with van der Waals surface area (Å²) in [5.74, 6) is -0.496. The van der Waals surface area contributed by atoms with E-state index in [1.165, 1.54) is 6.92 Å². The molecule has 0 bridgehead atoms. The predicted octanol–water partition coefficient (Wildman–Crippen LogP) is 0.554. The molecule has 1 unspecified atom stereocenters. The van der Waals surface area contributed by atoms with Crippen LogP contribution in [0.4, 0.5) is 0 Å². The van der Waals surface area contributed by atoms with Gasteiger partial charge in [0.1, 0.15) is 0 Å². The van der Waals surface area contributed by atoms with Crippen molar-refractivity contribution in [3.8, 4) is 0 Å². The predicted molar refractivity (Wildman–Crippen MR) is 81.1 cm³/mol. The van der Waals surface area contributed by atoms with Crippen LogP contribution in [-0.2, 0) is 14.8 Å². The van der Waals surface area contributed by atoms with E-state index >= 15 is 0 Å². The van der Waals surface area contributed by atoms with Crippen LogP contribution in [0.15, 0.2) is 30.3 Å². The van der Waals surface area contributed by atoms with Gasteiger partial charge < -0.3 is 10.4 Å². The summed E-state index contributed by atoms with van der Waals surface area (Å²) < 4.78 is 25.6. The number of sulfonamides is 1. The normalized spacial score (nSPS) is 14.4. The van der Waals surface area contributed by atoms with E-state index in [2.05, 4.69) is 10.0 Å². The van der Waals surface area contributed by atoms with E-state index in [1.54, 1.807) is 31.2 Å². The molecule has 0 radical (unpaired) electrons. The second kappa shape index (κ2) is 8.11. The van der Waals surface area contributed by atoms with Crippen LogP contribution < -0.4 is 10.0 Å². The van der Waals surface area contributed by atoms with E-state index in [0.29, 0.717) is 6.42 Å². The van der Waals surface area contributed by atoms with Gasteiger partial charge in [-0.3, -0.25) is 4.79 Å². The van der Waals surface area contributed by atoms with Gasteiger partial charge >= 0.3 is 0 Å². The maximum atomic E-state index is 12.0. The fourth-order valence-electron chi connectivity index (χ4n) is 1.87. The van der Waals surface area contributed by atoms with Crippen molar-refractivity contribution >= 4 is 15.9 Å². The molecule has 1 aromatic carbocycles. The van der Waals surface area contributed by atoms with Crippen LogP contribution in [0.1, 0.15) is 31.9 Å². The highest BCUT2D eigenvalue weighted by atomic mass is 32.2. The van der Waals surface area contributed by atoms with E-state index in [4.69, 9.17) is 0 Å². The van der Waals surface area contributed by atoms with Crippen molar-refractivity contribution in [1.29, 1.82) is 0 Å². The lowest BCUT2D eigenvalue weighted by Gasteiger charge is -2.20. The van der Waals surface area contributed by atoms with Crippen molar-refractivity contribution in [2.45, 2.75) is 32.4 Å². The standard InChI is InChI=1S/C14H22N2O4S/c1-3-9-21(19,20)16-11(2)14(18)15-13(10-17)12-7-5-4-6-8-12/h4-8,11,13,16-17H,3,9-10H2,1-2H3,(H,15,18)/t11?,13-/m0/s1. The minimum atomic E-state index is -3.46. The lowest BCUT2D eigenvalue weighted by molar-refractivity contribution is -0.123. The summed E-state index contributed by atoms with van der Waals surface area (Å²) in [5, 5.41) is 12.0. The van der Waals surface area contributed by atoms with Crippen LogP contribution in [0.5, 0.6) is 0 Å². The third-order valence-electron chi connectivity index (χ3n) is 2.92. The van der Waals surface area contributed by atoms with Crippen LogP contribution in [0.2, 0.25) is 0 Å². The van der Waals surface area contributed by atoms with Crippen molar-refractivity contribution in [3.63, 3.8) is 0 Å². The molecule has 0 saturated heterocycles. The number of carbonyl (C=O) groups is 1. The molecule has 0 aromatic heterocycles. The Bertz CT molecular complexity index is 545. The number of rotatable bonds is 8. The molecule has 2 atom stereocenters. The monoisotopic (exact) mass is 314 g/mol. The molecule has 0 spiro atoms. The zero-order valence-electron chi connectivity index (χ0n) is 12.2. The second-order valence-electron chi connectivity index (χ2n) is 4.81. The van der Waals surface area contributed by atoms with Crippen LogP contribution in [0.3, 0.4) is 0 Å². The molecule has 0 saturated carbocycles. The third kappa shape index (κ3) is 5.82. The maximum Gasteiger partial charge on any atom is 0.238 e. The highest BCUT2D eigenvalue weighted by Crippen LogP contribution is 2.11. The molecule has 0 fully saturated rings. The summed E-state index contributed by atoms with van der Waals surface area (Å²) in [6, 6.07) is 7.56. The molecule has 3 N–H and O–H groups in total. The quantitative estimate of drug-likeness (QED) is 0.653. The fraction of sp³-hybridized carbons (Fsp3) is 0.500. The first-order valence-corrected chi connectivity index (χ1v) is 8.51. The number of aliphatic hydroxyl groups is 1. The molecule has 118 valence electrons. The molecular formula is C14H22N2O4S. The van der Waals surface area contributed by atoms with E-state index in [-0.39, 0.29) is 12.4 Å². The smallest absolute Gasteiger partial charge is 0.238 e. The maximum absolute atomic E-state index is 12.0. The Hall–Kier alpha value is -1.44. The first-order valence-electron chi connectivity index (χ1n) is 6.85. The minimum Gasteiger partial charge on any atom is -0.394 e. The van der Waals surface area contributed by atoms with Gasteiger partial charge in [-0.15, -0.1) is 0 Å². The van der Waals surface area contributed by atoms with Crippen LogP contribution >= 0.6 is 0 Å². The van der Waals surface area contributed by atoms with Crippen molar-refractivity contribution in [1.82, 2.24) is 10.0 Å². The molecular weight excluding hydrogens is 292 g/mol. The lowest BCUT2D eigenvalue weighted by atomic mass is 10.1. The molecule has 1 amide bonds. The van der Waals surface area contributed by atoms with Gasteiger partial charge in [-0.2, -0.15) is 0 Å². The largest absolute Gasteiger partial charge is 0.394 e. The number of hydrogen-bond donors (Lipinski definition) is 3. The Morgan fingerprint density at radius 1 is 1.29 bits per heavy atom. The molecule has 1 rings (SSSR count).